The molecule has 2 aromatic rings. The van der Waals surface area contributed by atoms with Crippen molar-refractivity contribution in [2.45, 2.75) is 12.8 Å². The van der Waals surface area contributed by atoms with E-state index in [2.05, 4.69) is 10.6 Å². The fourth-order valence-electron chi connectivity index (χ4n) is 3.09. The van der Waals surface area contributed by atoms with Crippen LogP contribution >= 0.6 is 11.3 Å². The van der Waals surface area contributed by atoms with Crippen LogP contribution in [0.1, 0.15) is 22.5 Å². The molecule has 1 aliphatic rings. The maximum atomic E-state index is 12.4. The monoisotopic (exact) mass is 447 g/mol. The average molecular weight is 448 g/mol. The number of ether oxygens (including phenoxy) is 3. The number of anilines is 2. The first kappa shape index (κ1) is 22.6. The van der Waals surface area contributed by atoms with Gasteiger partial charge in [0.25, 0.3) is 5.91 Å². The summed E-state index contributed by atoms with van der Waals surface area (Å²) in [5.74, 6) is 0.0567. The minimum Gasteiger partial charge on any atom is -0.494 e. The van der Waals surface area contributed by atoms with E-state index in [4.69, 9.17) is 14.2 Å². The zero-order valence-electron chi connectivity index (χ0n) is 17.4. The highest BCUT2D eigenvalue weighted by molar-refractivity contribution is 7.12. The van der Waals surface area contributed by atoms with Crippen LogP contribution < -0.4 is 20.1 Å². The number of morpholine rings is 1. The number of hydrogen-bond donors (Lipinski definition) is 2. The Labute approximate surface area is 184 Å². The fourth-order valence-corrected chi connectivity index (χ4v) is 3.71. The van der Waals surface area contributed by atoms with Crippen molar-refractivity contribution in [3.8, 4) is 11.5 Å². The van der Waals surface area contributed by atoms with E-state index in [1.165, 1.54) is 25.6 Å². The van der Waals surface area contributed by atoms with E-state index in [0.29, 0.717) is 54.1 Å². The molecule has 166 valence electrons. The molecule has 1 saturated heterocycles. The van der Waals surface area contributed by atoms with Crippen molar-refractivity contribution in [1.29, 1.82) is 0 Å². The predicted molar refractivity (Wildman–Crippen MR) is 117 cm³/mol. The largest absolute Gasteiger partial charge is 0.494 e. The maximum absolute atomic E-state index is 12.4. The Kier molecular flexibility index (Phi) is 7.85. The summed E-state index contributed by atoms with van der Waals surface area (Å²) >= 11 is 1.32. The van der Waals surface area contributed by atoms with Gasteiger partial charge in [0.05, 0.1) is 43.7 Å². The SMILES string of the molecule is COc1cc(NC(=O)c2cccs2)c(OC)cc1NC(=O)CCC(=O)N1CCOCC1. The smallest absolute Gasteiger partial charge is 0.265 e. The van der Waals surface area contributed by atoms with Crippen molar-refractivity contribution in [1.82, 2.24) is 4.90 Å². The average Bonchev–Trinajstić information content (AvgIpc) is 3.34. The van der Waals surface area contributed by atoms with E-state index >= 15 is 0 Å². The Morgan fingerprint density at radius 3 is 2.26 bits per heavy atom. The number of carbonyl (C=O) groups excluding carboxylic acids is 3. The second kappa shape index (κ2) is 10.8. The van der Waals surface area contributed by atoms with Gasteiger partial charge in [-0.15, -0.1) is 11.3 Å². The maximum Gasteiger partial charge on any atom is 0.265 e. The molecule has 2 N–H and O–H groups in total. The van der Waals surface area contributed by atoms with E-state index in [-0.39, 0.29) is 30.6 Å². The summed E-state index contributed by atoms with van der Waals surface area (Å²) < 4.78 is 16.0. The van der Waals surface area contributed by atoms with E-state index in [1.54, 1.807) is 29.2 Å². The van der Waals surface area contributed by atoms with Gasteiger partial charge in [0.2, 0.25) is 11.8 Å². The molecule has 0 unspecified atom stereocenters. The summed E-state index contributed by atoms with van der Waals surface area (Å²) in [6, 6.07) is 6.67. The van der Waals surface area contributed by atoms with E-state index in [0.717, 1.165) is 0 Å². The molecule has 0 atom stereocenters. The molecule has 1 aromatic heterocycles. The number of benzene rings is 1. The number of amides is 3. The molecule has 0 radical (unpaired) electrons. The van der Waals surface area contributed by atoms with Crippen LogP contribution in [0.3, 0.4) is 0 Å². The Balaban J connectivity index is 1.65. The Morgan fingerprint density at radius 2 is 1.68 bits per heavy atom. The van der Waals surface area contributed by atoms with Crippen molar-refractivity contribution in [2.75, 3.05) is 51.2 Å². The molecule has 0 saturated carbocycles. The minimum absolute atomic E-state index is 0.0402. The van der Waals surface area contributed by atoms with E-state index < -0.39 is 0 Å². The Bertz CT molecular complexity index is 925. The highest BCUT2D eigenvalue weighted by Gasteiger charge is 2.19. The van der Waals surface area contributed by atoms with E-state index in [9.17, 15) is 14.4 Å². The van der Waals surface area contributed by atoms with Gasteiger partial charge in [0, 0.05) is 38.1 Å². The zero-order chi connectivity index (χ0) is 22.2. The lowest BCUT2D eigenvalue weighted by Crippen LogP contribution is -2.40. The lowest BCUT2D eigenvalue weighted by atomic mass is 10.2. The molecule has 3 amide bonds. The van der Waals surface area contributed by atoms with Crippen molar-refractivity contribution in [2.24, 2.45) is 0 Å². The van der Waals surface area contributed by atoms with Gasteiger partial charge in [-0.1, -0.05) is 6.07 Å². The van der Waals surface area contributed by atoms with Crippen LogP contribution in [0, 0.1) is 0 Å². The Morgan fingerprint density at radius 1 is 1.03 bits per heavy atom. The third kappa shape index (κ3) is 5.96. The van der Waals surface area contributed by atoms with E-state index in [1.807, 2.05) is 5.38 Å². The molecule has 3 rings (SSSR count). The number of nitrogens with one attached hydrogen (secondary N) is 2. The molecule has 0 aliphatic carbocycles. The highest BCUT2D eigenvalue weighted by Crippen LogP contribution is 2.37. The van der Waals surface area contributed by atoms with Crippen LogP contribution in [0.15, 0.2) is 29.6 Å². The minimum atomic E-state index is -0.322. The van der Waals surface area contributed by atoms with Crippen LogP contribution in [-0.2, 0) is 14.3 Å². The second-order valence-electron chi connectivity index (χ2n) is 6.73. The van der Waals surface area contributed by atoms with Crippen molar-refractivity contribution < 1.29 is 28.6 Å². The van der Waals surface area contributed by atoms with Crippen LogP contribution in [-0.4, -0.2) is 63.1 Å². The molecule has 10 heteroatoms. The summed E-state index contributed by atoms with van der Waals surface area (Å²) in [4.78, 5) is 39.3. The number of hydrogen-bond acceptors (Lipinski definition) is 7. The van der Waals surface area contributed by atoms with Crippen LogP contribution in [0.25, 0.3) is 0 Å². The zero-order valence-corrected chi connectivity index (χ0v) is 18.3. The molecular weight excluding hydrogens is 422 g/mol. The van der Waals surface area contributed by atoms with Gasteiger partial charge < -0.3 is 29.7 Å². The van der Waals surface area contributed by atoms with Crippen molar-refractivity contribution >= 4 is 40.4 Å². The van der Waals surface area contributed by atoms with Gasteiger partial charge in [-0.25, -0.2) is 0 Å². The topological polar surface area (TPSA) is 106 Å². The predicted octanol–water partition coefficient (Wildman–Crippen LogP) is 2.60. The first-order valence-electron chi connectivity index (χ1n) is 9.78. The third-order valence-electron chi connectivity index (χ3n) is 4.72. The molecule has 1 fully saturated rings. The summed E-state index contributed by atoms with van der Waals surface area (Å²) in [7, 11) is 2.93. The molecule has 9 nitrogen and oxygen atoms in total. The third-order valence-corrected chi connectivity index (χ3v) is 5.59. The number of carbonyl (C=O) groups is 3. The van der Waals surface area contributed by atoms with Crippen molar-refractivity contribution in [3.05, 3.63) is 34.5 Å². The lowest BCUT2D eigenvalue weighted by Gasteiger charge is -2.26. The molecule has 0 bridgehead atoms. The fraction of sp³-hybridized carbons (Fsp3) is 0.381. The van der Waals surface area contributed by atoms with Crippen LogP contribution in [0.2, 0.25) is 0 Å². The number of nitrogens with zero attached hydrogens (tertiary/aromatic N) is 1. The molecule has 2 heterocycles. The standard InChI is InChI=1S/C21H25N3O6S/c1-28-16-13-15(23-21(27)18-4-3-11-31-18)17(29-2)12-14(16)22-19(25)5-6-20(26)24-7-9-30-10-8-24/h3-4,11-13H,5-10H2,1-2H3,(H,22,25)(H,23,27). The number of thiophene rings is 1. The van der Waals surface area contributed by atoms with Gasteiger partial charge in [0.1, 0.15) is 11.5 Å². The molecular formula is C21H25N3O6S. The molecule has 1 aromatic carbocycles. The Hall–Kier alpha value is -3.11. The molecule has 0 spiro atoms. The normalized spacial score (nSPS) is 13.4. The van der Waals surface area contributed by atoms with Gasteiger partial charge >= 0.3 is 0 Å². The number of methoxy groups -OCH3 is 2. The van der Waals surface area contributed by atoms with Crippen molar-refractivity contribution in [3.63, 3.8) is 0 Å². The highest BCUT2D eigenvalue weighted by atomic mass is 32.1. The summed E-state index contributed by atoms with van der Waals surface area (Å²) in [5, 5.41) is 7.36. The van der Waals surface area contributed by atoms with Gasteiger partial charge in [-0.2, -0.15) is 0 Å². The van der Waals surface area contributed by atoms with Crippen LogP contribution in [0.5, 0.6) is 11.5 Å². The summed E-state index contributed by atoms with van der Waals surface area (Å²) in [6.45, 7) is 2.13. The van der Waals surface area contributed by atoms with Gasteiger partial charge in [-0.05, 0) is 11.4 Å². The lowest BCUT2D eigenvalue weighted by molar-refractivity contribution is -0.136. The molecule has 31 heavy (non-hydrogen) atoms. The van der Waals surface area contributed by atoms with Gasteiger partial charge in [0.15, 0.2) is 0 Å². The number of rotatable bonds is 8. The first-order chi connectivity index (χ1) is 15.0. The molecule has 1 aliphatic heterocycles. The second-order valence-corrected chi connectivity index (χ2v) is 7.67. The summed E-state index contributed by atoms with van der Waals surface area (Å²) in [6.07, 6.45) is 0.152. The van der Waals surface area contributed by atoms with Gasteiger partial charge in [-0.3, -0.25) is 14.4 Å². The van der Waals surface area contributed by atoms with Crippen LogP contribution in [0.4, 0.5) is 11.4 Å². The first-order valence-corrected chi connectivity index (χ1v) is 10.7. The quantitative estimate of drug-likeness (QED) is 0.644. The summed E-state index contributed by atoms with van der Waals surface area (Å²) in [5.41, 5.74) is 0.801.